The second kappa shape index (κ2) is 9.92. The molecular formula is C22H27N5O2. The summed E-state index contributed by atoms with van der Waals surface area (Å²) in [5, 5.41) is 4.13. The Hall–Kier alpha value is -3.08. The van der Waals surface area contributed by atoms with Crippen molar-refractivity contribution in [2.75, 3.05) is 13.7 Å². The van der Waals surface area contributed by atoms with Gasteiger partial charge >= 0.3 is 0 Å². The third kappa shape index (κ3) is 5.70. The van der Waals surface area contributed by atoms with E-state index in [1.165, 1.54) is 12.8 Å². The van der Waals surface area contributed by atoms with Crippen molar-refractivity contribution in [1.29, 1.82) is 0 Å². The van der Waals surface area contributed by atoms with Gasteiger partial charge in [-0.1, -0.05) is 18.0 Å². The summed E-state index contributed by atoms with van der Waals surface area (Å²) in [5.74, 6) is 8.30. The van der Waals surface area contributed by atoms with E-state index in [9.17, 15) is 0 Å². The van der Waals surface area contributed by atoms with Crippen molar-refractivity contribution in [2.24, 2.45) is 11.5 Å². The van der Waals surface area contributed by atoms with Gasteiger partial charge in [-0.3, -0.25) is 0 Å². The molecule has 4 rings (SSSR count). The summed E-state index contributed by atoms with van der Waals surface area (Å²) in [6, 6.07) is 9.82. The average molecular weight is 393 g/mol. The first-order valence-corrected chi connectivity index (χ1v) is 9.74. The molecule has 0 spiro atoms. The summed E-state index contributed by atoms with van der Waals surface area (Å²) in [7, 11) is 1.63. The maximum absolute atomic E-state index is 5.94. The van der Waals surface area contributed by atoms with Crippen LogP contribution in [0.4, 0.5) is 0 Å². The standard InChI is InChI=1S/C19H20N4O2.C3H7N/c1-3-19-21-10-11-23(19)18(13-20)17-12-16(25-22-17)9-6-14-4-7-15(24-2)8-5-14;4-3-1-2-3/h4-5,7-8,10-12,18H,3,13,20H2,1-2H3;3H,1-2,4H2. The average Bonchev–Trinajstić information content (AvgIpc) is 3.21. The molecule has 2 aromatic heterocycles. The zero-order chi connectivity index (χ0) is 20.6. The maximum Gasteiger partial charge on any atom is 0.210 e. The monoisotopic (exact) mass is 393 g/mol. The Kier molecular flexibility index (Phi) is 7.06. The third-order valence-corrected chi connectivity index (χ3v) is 4.54. The van der Waals surface area contributed by atoms with E-state index in [0.717, 1.165) is 29.3 Å². The fourth-order valence-electron chi connectivity index (χ4n) is 2.69. The molecule has 7 nitrogen and oxygen atoms in total. The molecule has 2 heterocycles. The van der Waals surface area contributed by atoms with Crippen molar-refractivity contribution in [3.63, 3.8) is 0 Å². The Morgan fingerprint density at radius 1 is 1.28 bits per heavy atom. The number of nitrogens with zero attached hydrogens (tertiary/aromatic N) is 3. The highest BCUT2D eigenvalue weighted by Crippen LogP contribution is 2.19. The lowest BCUT2D eigenvalue weighted by molar-refractivity contribution is 0.390. The molecule has 0 saturated heterocycles. The number of aromatic nitrogens is 3. The van der Waals surface area contributed by atoms with E-state index < -0.39 is 0 Å². The topological polar surface area (TPSA) is 105 Å². The number of benzene rings is 1. The van der Waals surface area contributed by atoms with Crippen molar-refractivity contribution >= 4 is 0 Å². The quantitative estimate of drug-likeness (QED) is 0.645. The van der Waals surface area contributed by atoms with E-state index >= 15 is 0 Å². The molecule has 1 unspecified atom stereocenters. The lowest BCUT2D eigenvalue weighted by Gasteiger charge is -2.15. The Morgan fingerprint density at radius 2 is 2.00 bits per heavy atom. The van der Waals surface area contributed by atoms with Crippen LogP contribution in [0.15, 0.2) is 47.2 Å². The molecule has 152 valence electrons. The molecule has 0 amide bonds. The minimum Gasteiger partial charge on any atom is -0.497 e. The molecule has 3 aromatic rings. The second-order valence-corrected chi connectivity index (χ2v) is 6.79. The first kappa shape index (κ1) is 20.6. The molecule has 0 aliphatic heterocycles. The predicted molar refractivity (Wildman–Crippen MR) is 111 cm³/mol. The first-order chi connectivity index (χ1) is 14.1. The number of nitrogens with two attached hydrogens (primary N) is 2. The molecule has 1 aliphatic carbocycles. The van der Waals surface area contributed by atoms with Gasteiger partial charge in [-0.05, 0) is 43.0 Å². The van der Waals surface area contributed by atoms with Crippen LogP contribution < -0.4 is 16.2 Å². The van der Waals surface area contributed by atoms with Gasteiger partial charge in [0.25, 0.3) is 0 Å². The molecule has 0 radical (unpaired) electrons. The summed E-state index contributed by atoms with van der Waals surface area (Å²) >= 11 is 0. The van der Waals surface area contributed by atoms with Gasteiger partial charge in [-0.15, -0.1) is 0 Å². The summed E-state index contributed by atoms with van der Waals surface area (Å²) < 4.78 is 12.5. The molecule has 1 fully saturated rings. The first-order valence-electron chi connectivity index (χ1n) is 9.74. The lowest BCUT2D eigenvalue weighted by Crippen LogP contribution is -2.22. The molecule has 4 N–H and O–H groups in total. The van der Waals surface area contributed by atoms with Crippen molar-refractivity contribution in [3.8, 4) is 17.6 Å². The van der Waals surface area contributed by atoms with Gasteiger partial charge in [-0.25, -0.2) is 4.98 Å². The number of aryl methyl sites for hydroxylation is 1. The van der Waals surface area contributed by atoms with E-state index in [1.807, 2.05) is 41.1 Å². The molecule has 1 aliphatic rings. The lowest BCUT2D eigenvalue weighted by atomic mass is 10.2. The number of ether oxygens (including phenoxy) is 1. The number of hydrogen-bond donors (Lipinski definition) is 2. The molecular weight excluding hydrogens is 366 g/mol. The van der Waals surface area contributed by atoms with E-state index in [1.54, 1.807) is 13.3 Å². The molecule has 1 saturated carbocycles. The van der Waals surface area contributed by atoms with Crippen molar-refractivity contribution in [3.05, 3.63) is 65.6 Å². The van der Waals surface area contributed by atoms with Crippen LogP contribution in [0.3, 0.4) is 0 Å². The van der Waals surface area contributed by atoms with Crippen molar-refractivity contribution in [2.45, 2.75) is 38.3 Å². The predicted octanol–water partition coefficient (Wildman–Crippen LogP) is 2.50. The zero-order valence-corrected chi connectivity index (χ0v) is 16.8. The number of methoxy groups -OCH3 is 1. The molecule has 1 atom stereocenters. The number of hydrogen-bond acceptors (Lipinski definition) is 6. The largest absolute Gasteiger partial charge is 0.497 e. The van der Waals surface area contributed by atoms with Gasteiger partial charge < -0.3 is 25.3 Å². The fraction of sp³-hybridized carbons (Fsp3) is 0.364. The summed E-state index contributed by atoms with van der Waals surface area (Å²) in [6.07, 6.45) is 7.03. The highest BCUT2D eigenvalue weighted by atomic mass is 16.5. The van der Waals surface area contributed by atoms with Crippen LogP contribution in [-0.2, 0) is 6.42 Å². The Bertz CT molecular complexity index is 961. The second-order valence-electron chi connectivity index (χ2n) is 6.79. The van der Waals surface area contributed by atoms with Crippen LogP contribution in [0.2, 0.25) is 0 Å². The van der Waals surface area contributed by atoms with Crippen LogP contribution in [0.1, 0.15) is 48.6 Å². The Labute approximate surface area is 171 Å². The smallest absolute Gasteiger partial charge is 0.210 e. The molecule has 1 aromatic carbocycles. The van der Waals surface area contributed by atoms with Gasteiger partial charge in [0.15, 0.2) is 0 Å². The van der Waals surface area contributed by atoms with Crippen LogP contribution in [0.5, 0.6) is 5.75 Å². The van der Waals surface area contributed by atoms with Crippen LogP contribution in [0, 0.1) is 11.8 Å². The van der Waals surface area contributed by atoms with E-state index in [2.05, 4.69) is 28.9 Å². The van der Waals surface area contributed by atoms with Gasteiger partial charge in [-0.2, -0.15) is 0 Å². The van der Waals surface area contributed by atoms with E-state index in [-0.39, 0.29) is 6.04 Å². The minimum atomic E-state index is -0.113. The van der Waals surface area contributed by atoms with Crippen LogP contribution >= 0.6 is 0 Å². The third-order valence-electron chi connectivity index (χ3n) is 4.54. The van der Waals surface area contributed by atoms with E-state index in [0.29, 0.717) is 18.3 Å². The van der Waals surface area contributed by atoms with Gasteiger partial charge in [0.2, 0.25) is 5.76 Å². The van der Waals surface area contributed by atoms with Gasteiger partial charge in [0, 0.05) is 43.0 Å². The number of rotatable bonds is 5. The summed E-state index contributed by atoms with van der Waals surface area (Å²) in [6.45, 7) is 2.46. The fourth-order valence-corrected chi connectivity index (χ4v) is 2.69. The SMILES string of the molecule is CCc1nccn1C(CN)c1cc(C#Cc2ccc(OC)cc2)on1.NC1CC1. The van der Waals surface area contributed by atoms with Gasteiger partial charge in [0.1, 0.15) is 17.3 Å². The minimum absolute atomic E-state index is 0.113. The highest BCUT2D eigenvalue weighted by molar-refractivity contribution is 5.42. The van der Waals surface area contributed by atoms with Crippen molar-refractivity contribution in [1.82, 2.24) is 14.7 Å². The molecule has 0 bridgehead atoms. The van der Waals surface area contributed by atoms with Gasteiger partial charge in [0.05, 0.1) is 13.2 Å². The highest BCUT2D eigenvalue weighted by Gasteiger charge is 2.18. The molecule has 29 heavy (non-hydrogen) atoms. The van der Waals surface area contributed by atoms with E-state index in [4.69, 9.17) is 20.7 Å². The maximum atomic E-state index is 5.94. The van der Waals surface area contributed by atoms with Crippen LogP contribution in [-0.4, -0.2) is 34.4 Å². The summed E-state index contributed by atoms with van der Waals surface area (Å²) in [5.41, 5.74) is 12.8. The normalized spacial score (nSPS) is 13.7. The summed E-state index contributed by atoms with van der Waals surface area (Å²) in [4.78, 5) is 4.34. The number of imidazole rings is 1. The Morgan fingerprint density at radius 3 is 2.59 bits per heavy atom. The zero-order valence-electron chi connectivity index (χ0n) is 16.8. The Balaban J connectivity index is 0.000000536. The van der Waals surface area contributed by atoms with Crippen LogP contribution in [0.25, 0.3) is 0 Å². The van der Waals surface area contributed by atoms with Crippen molar-refractivity contribution < 1.29 is 9.26 Å². The molecule has 7 heteroatoms.